The molecule has 2 N–H and O–H groups in total. The van der Waals surface area contributed by atoms with Crippen molar-refractivity contribution < 1.29 is 14.3 Å². The second-order valence-corrected chi connectivity index (χ2v) is 8.40. The zero-order chi connectivity index (χ0) is 21.3. The summed E-state index contributed by atoms with van der Waals surface area (Å²) < 4.78 is 7.11. The van der Waals surface area contributed by atoms with Crippen molar-refractivity contribution in [1.82, 2.24) is 24.8 Å². The molecule has 1 unspecified atom stereocenters. The van der Waals surface area contributed by atoms with E-state index in [2.05, 4.69) is 25.6 Å². The molecule has 156 valence electrons. The second kappa shape index (κ2) is 7.96. The van der Waals surface area contributed by atoms with Crippen LogP contribution in [0.2, 0.25) is 0 Å². The van der Waals surface area contributed by atoms with Crippen LogP contribution in [-0.2, 0) is 15.1 Å². The average Bonchev–Trinajstić information content (AvgIpc) is 3.36. The fraction of sp³-hybridized carbons (Fsp3) is 0.350. The molecule has 1 aliphatic rings. The van der Waals surface area contributed by atoms with E-state index in [1.54, 1.807) is 19.4 Å². The van der Waals surface area contributed by atoms with Crippen molar-refractivity contribution in [3.63, 3.8) is 0 Å². The summed E-state index contributed by atoms with van der Waals surface area (Å²) in [6, 6.07) is 4.93. The van der Waals surface area contributed by atoms with Crippen LogP contribution in [0.15, 0.2) is 36.1 Å². The Labute approximate surface area is 177 Å². The Bertz CT molecular complexity index is 1090. The van der Waals surface area contributed by atoms with Crippen LogP contribution in [-0.4, -0.2) is 50.6 Å². The monoisotopic (exact) mass is 426 g/mol. The van der Waals surface area contributed by atoms with Gasteiger partial charge in [-0.3, -0.25) is 14.6 Å². The lowest BCUT2D eigenvalue weighted by Gasteiger charge is -2.39. The molecule has 4 heterocycles. The standard InChI is InChI=1S/C20H22N6O3S/c1-12-5-4-6-14(22-12)16-8-30-19(24-16)25-17(27)13(2)23-18(28)15-7-26(11-21-15)20(3)9-29-10-20/h4-8,11,13H,9-10H2,1-3H3,(H,23,28)(H,24,25,27). The maximum atomic E-state index is 12.5. The van der Waals surface area contributed by atoms with E-state index in [1.165, 1.54) is 11.3 Å². The number of ether oxygens (including phenoxy) is 1. The van der Waals surface area contributed by atoms with Crippen LogP contribution in [0.3, 0.4) is 0 Å². The number of aryl methyl sites for hydroxylation is 1. The smallest absolute Gasteiger partial charge is 0.272 e. The Morgan fingerprint density at radius 2 is 2.07 bits per heavy atom. The quantitative estimate of drug-likeness (QED) is 0.625. The molecule has 1 atom stereocenters. The van der Waals surface area contributed by atoms with Crippen LogP contribution in [0.4, 0.5) is 5.13 Å². The third kappa shape index (κ3) is 4.10. The summed E-state index contributed by atoms with van der Waals surface area (Å²) in [6.07, 6.45) is 3.28. The summed E-state index contributed by atoms with van der Waals surface area (Å²) in [5.74, 6) is -0.774. The van der Waals surface area contributed by atoms with Crippen LogP contribution < -0.4 is 10.6 Å². The summed E-state index contributed by atoms with van der Waals surface area (Å²) in [6.45, 7) is 6.72. The third-order valence-corrected chi connectivity index (χ3v) is 5.65. The maximum absolute atomic E-state index is 12.5. The van der Waals surface area contributed by atoms with Crippen molar-refractivity contribution in [1.29, 1.82) is 0 Å². The number of hydrogen-bond acceptors (Lipinski definition) is 7. The molecule has 3 aromatic rings. The first-order chi connectivity index (χ1) is 14.3. The van der Waals surface area contributed by atoms with Gasteiger partial charge >= 0.3 is 0 Å². The predicted octanol–water partition coefficient (Wildman–Crippen LogP) is 2.21. The van der Waals surface area contributed by atoms with E-state index in [4.69, 9.17) is 4.74 Å². The molecular formula is C20H22N6O3S. The van der Waals surface area contributed by atoms with Gasteiger partial charge in [-0.2, -0.15) is 0 Å². The molecule has 0 spiro atoms. The van der Waals surface area contributed by atoms with Gasteiger partial charge in [0.15, 0.2) is 5.13 Å². The minimum atomic E-state index is -0.755. The first kappa shape index (κ1) is 20.2. The van der Waals surface area contributed by atoms with Gasteiger partial charge in [-0.15, -0.1) is 11.3 Å². The number of rotatable bonds is 6. The van der Waals surface area contributed by atoms with Crippen LogP contribution in [0.25, 0.3) is 11.4 Å². The number of carbonyl (C=O) groups is 2. The minimum Gasteiger partial charge on any atom is -0.376 e. The van der Waals surface area contributed by atoms with Crippen molar-refractivity contribution in [3.8, 4) is 11.4 Å². The number of pyridine rings is 1. The average molecular weight is 427 g/mol. The number of carbonyl (C=O) groups excluding carboxylic acids is 2. The minimum absolute atomic E-state index is 0.177. The number of anilines is 1. The topological polar surface area (TPSA) is 111 Å². The van der Waals surface area contributed by atoms with Crippen molar-refractivity contribution in [2.24, 2.45) is 0 Å². The molecule has 2 amide bonds. The van der Waals surface area contributed by atoms with Crippen molar-refractivity contribution >= 4 is 28.3 Å². The molecule has 0 radical (unpaired) electrons. The number of imidazole rings is 1. The molecule has 1 saturated heterocycles. The molecule has 4 rings (SSSR count). The van der Waals surface area contributed by atoms with Gasteiger partial charge in [-0.25, -0.2) is 9.97 Å². The number of nitrogens with one attached hydrogen (secondary N) is 2. The lowest BCUT2D eigenvalue weighted by molar-refractivity contribution is -0.117. The van der Waals surface area contributed by atoms with E-state index in [0.717, 1.165) is 11.4 Å². The molecule has 1 fully saturated rings. The fourth-order valence-corrected chi connectivity index (χ4v) is 3.67. The lowest BCUT2D eigenvalue weighted by Crippen LogP contribution is -2.48. The summed E-state index contributed by atoms with van der Waals surface area (Å²) in [5, 5.41) is 7.68. The largest absolute Gasteiger partial charge is 0.376 e. The normalized spacial score (nSPS) is 15.8. The van der Waals surface area contributed by atoms with E-state index >= 15 is 0 Å². The zero-order valence-electron chi connectivity index (χ0n) is 16.9. The van der Waals surface area contributed by atoms with Crippen molar-refractivity contribution in [2.75, 3.05) is 18.5 Å². The first-order valence-corrected chi connectivity index (χ1v) is 10.4. The molecule has 9 nitrogen and oxygen atoms in total. The molecule has 1 aliphatic heterocycles. The molecule has 30 heavy (non-hydrogen) atoms. The molecule has 0 aromatic carbocycles. The fourth-order valence-electron chi connectivity index (χ4n) is 2.97. The molecule has 10 heteroatoms. The third-order valence-electron chi connectivity index (χ3n) is 4.89. The zero-order valence-corrected chi connectivity index (χ0v) is 17.7. The summed E-state index contributed by atoms with van der Waals surface area (Å²) >= 11 is 1.30. The Morgan fingerprint density at radius 1 is 1.27 bits per heavy atom. The number of amides is 2. The van der Waals surface area contributed by atoms with Gasteiger partial charge in [0, 0.05) is 17.3 Å². The highest BCUT2D eigenvalue weighted by Crippen LogP contribution is 2.25. The number of aromatic nitrogens is 4. The molecular weight excluding hydrogens is 404 g/mol. The van der Waals surface area contributed by atoms with Crippen LogP contribution in [0, 0.1) is 6.92 Å². The van der Waals surface area contributed by atoms with E-state index in [9.17, 15) is 9.59 Å². The summed E-state index contributed by atoms with van der Waals surface area (Å²) in [5.41, 5.74) is 2.40. The van der Waals surface area contributed by atoms with E-state index in [-0.39, 0.29) is 17.1 Å². The molecule has 0 aliphatic carbocycles. The van der Waals surface area contributed by atoms with Gasteiger partial charge in [0.1, 0.15) is 17.4 Å². The Morgan fingerprint density at radius 3 is 2.77 bits per heavy atom. The molecule has 0 bridgehead atoms. The highest BCUT2D eigenvalue weighted by atomic mass is 32.1. The highest BCUT2D eigenvalue weighted by molar-refractivity contribution is 7.14. The number of thiazole rings is 1. The highest BCUT2D eigenvalue weighted by Gasteiger charge is 2.35. The first-order valence-electron chi connectivity index (χ1n) is 9.47. The van der Waals surface area contributed by atoms with Gasteiger partial charge in [-0.1, -0.05) is 6.07 Å². The van der Waals surface area contributed by atoms with Gasteiger partial charge in [-0.05, 0) is 32.9 Å². The predicted molar refractivity (Wildman–Crippen MR) is 112 cm³/mol. The molecule has 3 aromatic heterocycles. The van der Waals surface area contributed by atoms with Crippen LogP contribution >= 0.6 is 11.3 Å². The van der Waals surface area contributed by atoms with Gasteiger partial charge in [0.05, 0.1) is 30.8 Å². The summed E-state index contributed by atoms with van der Waals surface area (Å²) in [7, 11) is 0. The maximum Gasteiger partial charge on any atom is 0.272 e. The second-order valence-electron chi connectivity index (χ2n) is 7.54. The van der Waals surface area contributed by atoms with E-state index in [0.29, 0.717) is 24.0 Å². The van der Waals surface area contributed by atoms with Crippen LogP contribution in [0.5, 0.6) is 0 Å². The Hall–Kier alpha value is -3.11. The van der Waals surface area contributed by atoms with Crippen molar-refractivity contribution in [3.05, 3.63) is 47.5 Å². The van der Waals surface area contributed by atoms with Gasteiger partial charge < -0.3 is 19.9 Å². The molecule has 0 saturated carbocycles. The number of hydrogen-bond donors (Lipinski definition) is 2. The Kier molecular flexibility index (Phi) is 5.35. The van der Waals surface area contributed by atoms with Gasteiger partial charge in [0.2, 0.25) is 5.91 Å². The van der Waals surface area contributed by atoms with Gasteiger partial charge in [0.25, 0.3) is 5.91 Å². The Balaban J connectivity index is 1.35. The van der Waals surface area contributed by atoms with Crippen LogP contribution in [0.1, 0.15) is 30.0 Å². The van der Waals surface area contributed by atoms with E-state index < -0.39 is 11.9 Å². The lowest BCUT2D eigenvalue weighted by atomic mass is 10.0. The van der Waals surface area contributed by atoms with Crippen molar-refractivity contribution in [2.45, 2.75) is 32.4 Å². The number of nitrogens with zero attached hydrogens (tertiary/aromatic N) is 4. The summed E-state index contributed by atoms with van der Waals surface area (Å²) in [4.78, 5) is 37.9. The SMILES string of the molecule is Cc1cccc(-c2csc(NC(=O)C(C)NC(=O)c3cn(C4(C)COC4)cn3)n2)n1. The van der Waals surface area contributed by atoms with E-state index in [1.807, 2.05) is 42.0 Å².